The molecule has 0 fully saturated rings. The molecule has 1 aromatic carbocycles. The Morgan fingerprint density at radius 2 is 2.36 bits per heavy atom. The van der Waals surface area contributed by atoms with Crippen LogP contribution in [-0.4, -0.2) is 16.0 Å². The molecule has 0 saturated carbocycles. The van der Waals surface area contributed by atoms with Gasteiger partial charge in [0.1, 0.15) is 0 Å². The molecule has 0 saturated heterocycles. The SMILES string of the molecule is CCCSc1cc2[nH]ncc2cc1N. The predicted molar refractivity (Wildman–Crippen MR) is 61.5 cm³/mol. The number of nitrogen functional groups attached to an aromatic ring is 1. The van der Waals surface area contributed by atoms with Crippen molar-refractivity contribution in [2.24, 2.45) is 0 Å². The van der Waals surface area contributed by atoms with Crippen LogP contribution < -0.4 is 5.73 Å². The molecule has 2 aromatic rings. The summed E-state index contributed by atoms with van der Waals surface area (Å²) in [5.41, 5.74) is 7.82. The molecule has 0 radical (unpaired) electrons. The molecule has 0 bridgehead atoms. The predicted octanol–water partition coefficient (Wildman–Crippen LogP) is 2.65. The first-order chi connectivity index (χ1) is 6.81. The molecule has 4 heteroatoms. The highest BCUT2D eigenvalue weighted by Crippen LogP contribution is 2.29. The maximum Gasteiger partial charge on any atom is 0.0662 e. The quantitative estimate of drug-likeness (QED) is 0.601. The van der Waals surface area contributed by atoms with Crippen LogP contribution in [0.4, 0.5) is 5.69 Å². The molecule has 3 N–H and O–H groups in total. The number of nitrogens with zero attached hydrogens (tertiary/aromatic N) is 1. The molecule has 0 unspecified atom stereocenters. The Balaban J connectivity index is 2.38. The van der Waals surface area contributed by atoms with Crippen molar-refractivity contribution >= 4 is 28.4 Å². The Bertz CT molecular complexity index is 436. The summed E-state index contributed by atoms with van der Waals surface area (Å²) < 4.78 is 0. The summed E-state index contributed by atoms with van der Waals surface area (Å²) in [6, 6.07) is 4.04. The van der Waals surface area contributed by atoms with E-state index in [9.17, 15) is 0 Å². The fourth-order valence-corrected chi connectivity index (χ4v) is 2.18. The summed E-state index contributed by atoms with van der Waals surface area (Å²) in [6.45, 7) is 2.16. The first kappa shape index (κ1) is 9.40. The van der Waals surface area contributed by atoms with E-state index in [1.807, 2.05) is 6.07 Å². The second-order valence-electron chi connectivity index (χ2n) is 3.20. The largest absolute Gasteiger partial charge is 0.398 e. The van der Waals surface area contributed by atoms with Crippen LogP contribution in [0.15, 0.2) is 23.2 Å². The van der Waals surface area contributed by atoms with E-state index in [2.05, 4.69) is 23.2 Å². The highest BCUT2D eigenvalue weighted by molar-refractivity contribution is 7.99. The second-order valence-corrected chi connectivity index (χ2v) is 4.33. The van der Waals surface area contributed by atoms with Crippen molar-refractivity contribution in [2.75, 3.05) is 11.5 Å². The van der Waals surface area contributed by atoms with Crippen LogP contribution >= 0.6 is 11.8 Å². The molecule has 0 aliphatic carbocycles. The molecule has 0 aliphatic heterocycles. The van der Waals surface area contributed by atoms with Gasteiger partial charge in [0.05, 0.1) is 11.7 Å². The van der Waals surface area contributed by atoms with E-state index in [4.69, 9.17) is 5.73 Å². The highest BCUT2D eigenvalue weighted by atomic mass is 32.2. The number of nitrogens with one attached hydrogen (secondary N) is 1. The Labute approximate surface area is 87.1 Å². The lowest BCUT2D eigenvalue weighted by atomic mass is 10.2. The van der Waals surface area contributed by atoms with E-state index in [1.165, 1.54) is 0 Å². The number of hydrogen-bond donors (Lipinski definition) is 2. The number of H-pyrrole nitrogens is 1. The molecule has 0 aliphatic rings. The highest BCUT2D eigenvalue weighted by Gasteiger charge is 2.03. The third-order valence-corrected chi connectivity index (χ3v) is 3.31. The van der Waals surface area contributed by atoms with Gasteiger partial charge in [0.25, 0.3) is 0 Å². The van der Waals surface area contributed by atoms with E-state index in [0.717, 1.165) is 33.7 Å². The van der Waals surface area contributed by atoms with Gasteiger partial charge in [-0.15, -0.1) is 11.8 Å². The number of benzene rings is 1. The Morgan fingerprint density at radius 1 is 1.50 bits per heavy atom. The number of nitrogens with two attached hydrogens (primary N) is 1. The minimum atomic E-state index is 0.845. The maximum atomic E-state index is 5.92. The van der Waals surface area contributed by atoms with Gasteiger partial charge in [-0.25, -0.2) is 0 Å². The van der Waals surface area contributed by atoms with Crippen molar-refractivity contribution in [1.82, 2.24) is 10.2 Å². The van der Waals surface area contributed by atoms with E-state index in [0.29, 0.717) is 0 Å². The lowest BCUT2D eigenvalue weighted by Crippen LogP contribution is -1.89. The summed E-state index contributed by atoms with van der Waals surface area (Å²) in [5.74, 6) is 1.10. The monoisotopic (exact) mass is 207 g/mol. The van der Waals surface area contributed by atoms with Gasteiger partial charge in [-0.2, -0.15) is 5.10 Å². The minimum Gasteiger partial charge on any atom is -0.398 e. The van der Waals surface area contributed by atoms with Crippen molar-refractivity contribution in [2.45, 2.75) is 18.2 Å². The van der Waals surface area contributed by atoms with Crippen molar-refractivity contribution in [3.8, 4) is 0 Å². The number of hydrogen-bond acceptors (Lipinski definition) is 3. The van der Waals surface area contributed by atoms with Crippen LogP contribution in [-0.2, 0) is 0 Å². The second kappa shape index (κ2) is 3.92. The number of aromatic amines is 1. The van der Waals surface area contributed by atoms with Crippen LogP contribution in [0.25, 0.3) is 10.9 Å². The van der Waals surface area contributed by atoms with Gasteiger partial charge in [-0.05, 0) is 24.3 Å². The van der Waals surface area contributed by atoms with Crippen LogP contribution in [0.3, 0.4) is 0 Å². The van der Waals surface area contributed by atoms with Crippen LogP contribution in [0, 0.1) is 0 Å². The summed E-state index contributed by atoms with van der Waals surface area (Å²) >= 11 is 1.79. The zero-order valence-corrected chi connectivity index (χ0v) is 8.90. The molecular formula is C10H13N3S. The lowest BCUT2D eigenvalue weighted by Gasteiger charge is -2.04. The first-order valence-corrected chi connectivity index (χ1v) is 5.65. The van der Waals surface area contributed by atoms with E-state index in [1.54, 1.807) is 18.0 Å². The van der Waals surface area contributed by atoms with Crippen molar-refractivity contribution < 1.29 is 0 Å². The van der Waals surface area contributed by atoms with Gasteiger partial charge >= 0.3 is 0 Å². The van der Waals surface area contributed by atoms with Crippen molar-refractivity contribution in [3.05, 3.63) is 18.3 Å². The maximum absolute atomic E-state index is 5.92. The summed E-state index contributed by atoms with van der Waals surface area (Å²) in [5, 5.41) is 7.99. The Morgan fingerprint density at radius 3 is 3.14 bits per heavy atom. The normalized spacial score (nSPS) is 10.9. The standard InChI is InChI=1S/C10H13N3S/c1-2-3-14-10-5-9-7(4-8(10)11)6-12-13-9/h4-6H,2-3,11H2,1H3,(H,12,13). The molecule has 74 valence electrons. The number of aromatic nitrogens is 2. The molecular weight excluding hydrogens is 194 g/mol. The Hall–Kier alpha value is -1.16. The first-order valence-electron chi connectivity index (χ1n) is 4.66. The zero-order chi connectivity index (χ0) is 9.97. The van der Waals surface area contributed by atoms with E-state index in [-0.39, 0.29) is 0 Å². The number of rotatable bonds is 3. The van der Waals surface area contributed by atoms with Gasteiger partial charge in [-0.3, -0.25) is 5.10 Å². The molecule has 3 nitrogen and oxygen atoms in total. The van der Waals surface area contributed by atoms with Gasteiger partial charge < -0.3 is 5.73 Å². The fraction of sp³-hybridized carbons (Fsp3) is 0.300. The third-order valence-electron chi connectivity index (χ3n) is 2.03. The Kier molecular flexibility index (Phi) is 2.63. The van der Waals surface area contributed by atoms with Gasteiger partial charge in [0.2, 0.25) is 0 Å². The van der Waals surface area contributed by atoms with Gasteiger partial charge in [-0.1, -0.05) is 6.92 Å². The summed E-state index contributed by atoms with van der Waals surface area (Å²) in [7, 11) is 0. The molecule has 0 amide bonds. The molecule has 1 aromatic heterocycles. The average Bonchev–Trinajstić information content (AvgIpc) is 2.61. The zero-order valence-electron chi connectivity index (χ0n) is 8.08. The molecule has 1 heterocycles. The summed E-state index contributed by atoms with van der Waals surface area (Å²) in [6.07, 6.45) is 2.95. The van der Waals surface area contributed by atoms with Crippen LogP contribution in [0.1, 0.15) is 13.3 Å². The van der Waals surface area contributed by atoms with E-state index < -0.39 is 0 Å². The smallest absolute Gasteiger partial charge is 0.0662 e. The minimum absolute atomic E-state index is 0.845. The number of fused-ring (bicyclic) bond motifs is 1. The molecule has 2 rings (SSSR count). The van der Waals surface area contributed by atoms with Crippen molar-refractivity contribution in [1.29, 1.82) is 0 Å². The van der Waals surface area contributed by atoms with Crippen LogP contribution in [0.5, 0.6) is 0 Å². The topological polar surface area (TPSA) is 54.7 Å². The summed E-state index contributed by atoms with van der Waals surface area (Å²) in [4.78, 5) is 1.14. The van der Waals surface area contributed by atoms with E-state index >= 15 is 0 Å². The molecule has 0 atom stereocenters. The molecule has 0 spiro atoms. The third kappa shape index (κ3) is 1.70. The number of anilines is 1. The van der Waals surface area contributed by atoms with Gasteiger partial charge in [0.15, 0.2) is 0 Å². The lowest BCUT2D eigenvalue weighted by molar-refractivity contribution is 1.10. The van der Waals surface area contributed by atoms with Gasteiger partial charge in [0, 0.05) is 16.0 Å². The van der Waals surface area contributed by atoms with Crippen molar-refractivity contribution in [3.63, 3.8) is 0 Å². The average molecular weight is 207 g/mol. The number of thioether (sulfide) groups is 1. The van der Waals surface area contributed by atoms with Crippen LogP contribution in [0.2, 0.25) is 0 Å². The molecule has 14 heavy (non-hydrogen) atoms. The fourth-order valence-electron chi connectivity index (χ4n) is 1.33.